The lowest BCUT2D eigenvalue weighted by Crippen LogP contribution is -2.37. The van der Waals surface area contributed by atoms with E-state index < -0.39 is 0 Å². The summed E-state index contributed by atoms with van der Waals surface area (Å²) in [4.78, 5) is 13.2. The van der Waals surface area contributed by atoms with Gasteiger partial charge in [0, 0.05) is 4.88 Å². The molecule has 1 aromatic rings. The van der Waals surface area contributed by atoms with Crippen LogP contribution in [-0.4, -0.2) is 10.9 Å². The third-order valence-electron chi connectivity index (χ3n) is 2.25. The molecule has 1 amide bonds. The van der Waals surface area contributed by atoms with E-state index in [0.29, 0.717) is 13.0 Å². The first kappa shape index (κ1) is 13.1. The van der Waals surface area contributed by atoms with Crippen molar-refractivity contribution in [2.45, 2.75) is 26.3 Å². The van der Waals surface area contributed by atoms with Gasteiger partial charge in [-0.05, 0) is 17.9 Å². The fraction of sp³-hybridized carbons (Fsp3) is 0.455. The maximum absolute atomic E-state index is 11.8. The molecule has 1 aromatic heterocycles. The molecule has 3 nitrogen and oxygen atoms in total. The fourth-order valence-electron chi connectivity index (χ4n) is 1.40. The van der Waals surface area contributed by atoms with Crippen LogP contribution in [0.25, 0.3) is 0 Å². The Morgan fingerprint density at radius 2 is 2.44 bits per heavy atom. The molecule has 0 saturated heterocycles. The van der Waals surface area contributed by atoms with Gasteiger partial charge >= 0.3 is 0 Å². The number of thiophene rings is 1. The molecule has 0 aromatic carbocycles. The molecule has 0 fully saturated rings. The number of carbonyl (C=O) groups excluding carboxylic acids is 1. The summed E-state index contributed by atoms with van der Waals surface area (Å²) in [6, 6.07) is 3.95. The maximum atomic E-state index is 11.8. The van der Waals surface area contributed by atoms with E-state index >= 15 is 0 Å². The lowest BCUT2D eigenvalue weighted by molar-refractivity contribution is -0.123. The zero-order valence-corrected chi connectivity index (χ0v) is 10.9. The molecule has 0 spiro atoms. The Morgan fingerprint density at radius 1 is 1.69 bits per heavy atom. The zero-order valence-electron chi connectivity index (χ0n) is 9.23. The first-order chi connectivity index (χ1) is 7.65. The Kier molecular flexibility index (Phi) is 5.42. The molecule has 16 heavy (non-hydrogen) atoms. The molecule has 0 aliphatic carbocycles. The van der Waals surface area contributed by atoms with E-state index in [1.807, 2.05) is 24.4 Å². The molecule has 0 aliphatic heterocycles. The molecule has 3 N–H and O–H groups in total. The van der Waals surface area contributed by atoms with Gasteiger partial charge in [0.2, 0.25) is 5.91 Å². The molecule has 0 saturated carbocycles. The van der Waals surface area contributed by atoms with Crippen LogP contribution < -0.4 is 11.1 Å². The van der Waals surface area contributed by atoms with Crippen LogP contribution in [0.3, 0.4) is 0 Å². The minimum Gasteiger partial charge on any atom is -0.393 e. The largest absolute Gasteiger partial charge is 0.393 e. The Hall–Kier alpha value is -0.940. The molecule has 0 bridgehead atoms. The van der Waals surface area contributed by atoms with Crippen molar-refractivity contribution in [3.05, 3.63) is 22.4 Å². The molecule has 1 unspecified atom stereocenters. The Balaban J connectivity index is 2.46. The van der Waals surface area contributed by atoms with Gasteiger partial charge in [-0.15, -0.1) is 11.3 Å². The fourth-order valence-corrected chi connectivity index (χ4v) is 2.27. The van der Waals surface area contributed by atoms with Gasteiger partial charge in [-0.3, -0.25) is 4.79 Å². The second-order valence-corrected chi connectivity index (χ2v) is 5.04. The third-order valence-corrected chi connectivity index (χ3v) is 3.42. The number of nitrogens with one attached hydrogen (secondary N) is 1. The molecular formula is C11H16N2OS2. The van der Waals surface area contributed by atoms with E-state index in [-0.39, 0.29) is 16.8 Å². The highest BCUT2D eigenvalue weighted by molar-refractivity contribution is 7.80. The number of amides is 1. The van der Waals surface area contributed by atoms with Crippen molar-refractivity contribution >= 4 is 34.5 Å². The van der Waals surface area contributed by atoms with Gasteiger partial charge in [0.1, 0.15) is 0 Å². The van der Waals surface area contributed by atoms with Gasteiger partial charge in [0.25, 0.3) is 0 Å². The van der Waals surface area contributed by atoms with E-state index in [9.17, 15) is 4.79 Å². The maximum Gasteiger partial charge on any atom is 0.230 e. The van der Waals surface area contributed by atoms with Gasteiger partial charge < -0.3 is 11.1 Å². The summed E-state index contributed by atoms with van der Waals surface area (Å²) in [7, 11) is 0. The van der Waals surface area contributed by atoms with Crippen LogP contribution in [0, 0.1) is 5.92 Å². The minimum atomic E-state index is -0.333. The van der Waals surface area contributed by atoms with Crippen molar-refractivity contribution in [3.63, 3.8) is 0 Å². The smallest absolute Gasteiger partial charge is 0.230 e. The summed E-state index contributed by atoms with van der Waals surface area (Å²) in [5.74, 6) is -0.400. The monoisotopic (exact) mass is 256 g/mol. The number of hydrogen-bond acceptors (Lipinski definition) is 3. The number of rotatable bonds is 6. The Morgan fingerprint density at radius 3 is 2.94 bits per heavy atom. The molecule has 88 valence electrons. The van der Waals surface area contributed by atoms with Crippen LogP contribution in [0.1, 0.15) is 24.6 Å². The van der Waals surface area contributed by atoms with Crippen LogP contribution >= 0.6 is 23.6 Å². The van der Waals surface area contributed by atoms with Crippen molar-refractivity contribution in [2.75, 3.05) is 0 Å². The van der Waals surface area contributed by atoms with E-state index in [0.717, 1.165) is 11.3 Å². The Bertz CT molecular complexity index is 349. The molecule has 1 heterocycles. The standard InChI is InChI=1S/C11H16N2OS2/c1-2-4-9(10(12)15)11(14)13-7-8-5-3-6-16-8/h3,5-6,9H,2,4,7H2,1H3,(H2,12,15)(H,13,14). The minimum absolute atomic E-state index is 0.0669. The first-order valence-electron chi connectivity index (χ1n) is 5.24. The molecule has 0 radical (unpaired) electrons. The number of hydrogen-bond donors (Lipinski definition) is 2. The van der Waals surface area contributed by atoms with Crippen LogP contribution in [0.4, 0.5) is 0 Å². The molecule has 1 atom stereocenters. The predicted molar refractivity (Wildman–Crippen MR) is 71.3 cm³/mol. The topological polar surface area (TPSA) is 55.1 Å². The lowest BCUT2D eigenvalue weighted by atomic mass is 10.0. The van der Waals surface area contributed by atoms with Crippen LogP contribution in [-0.2, 0) is 11.3 Å². The number of thiocarbonyl (C=S) groups is 1. The molecule has 1 rings (SSSR count). The van der Waals surface area contributed by atoms with E-state index in [1.54, 1.807) is 11.3 Å². The highest BCUT2D eigenvalue weighted by atomic mass is 32.1. The van der Waals surface area contributed by atoms with Crippen LogP contribution in [0.5, 0.6) is 0 Å². The van der Waals surface area contributed by atoms with Crippen molar-refractivity contribution in [1.29, 1.82) is 0 Å². The first-order valence-corrected chi connectivity index (χ1v) is 6.53. The van der Waals surface area contributed by atoms with E-state index in [1.165, 1.54) is 0 Å². The molecular weight excluding hydrogens is 240 g/mol. The van der Waals surface area contributed by atoms with Gasteiger partial charge in [-0.1, -0.05) is 31.6 Å². The van der Waals surface area contributed by atoms with Crippen LogP contribution in [0.15, 0.2) is 17.5 Å². The number of nitrogens with two attached hydrogens (primary N) is 1. The Labute approximate surface area is 105 Å². The number of carbonyl (C=O) groups is 1. The quantitative estimate of drug-likeness (QED) is 0.766. The second kappa shape index (κ2) is 6.60. The van der Waals surface area contributed by atoms with Crippen LogP contribution in [0.2, 0.25) is 0 Å². The summed E-state index contributed by atoms with van der Waals surface area (Å²) in [5.41, 5.74) is 5.55. The van der Waals surface area contributed by atoms with Gasteiger partial charge in [-0.25, -0.2) is 0 Å². The van der Waals surface area contributed by atoms with Crippen molar-refractivity contribution in [2.24, 2.45) is 11.7 Å². The van der Waals surface area contributed by atoms with Gasteiger partial charge in [-0.2, -0.15) is 0 Å². The second-order valence-electron chi connectivity index (χ2n) is 3.54. The normalized spacial score (nSPS) is 12.1. The zero-order chi connectivity index (χ0) is 12.0. The SMILES string of the molecule is CCCC(C(=O)NCc1cccs1)C(N)=S. The summed E-state index contributed by atoms with van der Waals surface area (Å²) in [6.45, 7) is 2.57. The van der Waals surface area contributed by atoms with Gasteiger partial charge in [0.05, 0.1) is 17.5 Å². The molecule has 0 aliphatic rings. The lowest BCUT2D eigenvalue weighted by Gasteiger charge is -2.13. The third kappa shape index (κ3) is 3.90. The predicted octanol–water partition coefficient (Wildman–Crippen LogP) is 2.07. The van der Waals surface area contributed by atoms with Crippen molar-refractivity contribution < 1.29 is 4.79 Å². The average Bonchev–Trinajstić information content (AvgIpc) is 2.75. The summed E-state index contributed by atoms with van der Waals surface area (Å²) in [5, 5.41) is 4.84. The van der Waals surface area contributed by atoms with E-state index in [2.05, 4.69) is 5.32 Å². The highest BCUT2D eigenvalue weighted by Gasteiger charge is 2.19. The summed E-state index contributed by atoms with van der Waals surface area (Å²) >= 11 is 6.51. The van der Waals surface area contributed by atoms with Gasteiger partial charge in [0.15, 0.2) is 0 Å². The molecule has 5 heteroatoms. The van der Waals surface area contributed by atoms with Crippen molar-refractivity contribution in [3.8, 4) is 0 Å². The van der Waals surface area contributed by atoms with E-state index in [4.69, 9.17) is 18.0 Å². The van der Waals surface area contributed by atoms with Crippen molar-refractivity contribution in [1.82, 2.24) is 5.32 Å². The average molecular weight is 256 g/mol. The highest BCUT2D eigenvalue weighted by Crippen LogP contribution is 2.10. The summed E-state index contributed by atoms with van der Waals surface area (Å²) in [6.07, 6.45) is 1.61. The summed E-state index contributed by atoms with van der Waals surface area (Å²) < 4.78 is 0.